The fourth-order valence-electron chi connectivity index (χ4n) is 5.28. The van der Waals surface area contributed by atoms with E-state index in [0.29, 0.717) is 46.9 Å². The highest BCUT2D eigenvalue weighted by molar-refractivity contribution is 9.93. The van der Waals surface area contributed by atoms with Gasteiger partial charge in [0.1, 0.15) is 57.5 Å². The van der Waals surface area contributed by atoms with Crippen LogP contribution in [0.1, 0.15) is 17.5 Å². The van der Waals surface area contributed by atoms with Crippen molar-refractivity contribution in [1.82, 2.24) is 0 Å². The summed E-state index contributed by atoms with van der Waals surface area (Å²) in [6.45, 7) is 0. The SMILES string of the molecule is BrBr.Fc1cc(Br)cc(F)c1C1=[S+]CCCS1.Fc1cc(OC(F)(F)c2c(F)cc(Br)cc2F)ccc1-c1cc(F)c(F)c(F)c1.O=S(=O)([O-])C(F)(F)F.Oc1ccc(-c2cc(F)c(F)c(F)c2)c(F)c1. The molecule has 0 amide bonds. The average Bonchev–Trinajstić information content (AvgIpc) is 3.24. The molecule has 1 aliphatic heterocycles. The standard InChI is InChI=1S/C19H7BrF8O.C12H6F4O.C10H8BrF2S2.CHF3O3S.Br2/c20-9-5-13(22)17(14(23)6-9)19(27,28)29-10-1-2-11(12(21)7-10)8-3-15(24)18(26)16(25)4-8;13-9-5-7(17)1-2-8(9)6-3-10(14)12(16)11(15)4-6;11-6-4-7(12)9(8(13)5-6)10-14-2-1-3-15-10;2-1(3,4)8(5,6)7;1-2/h1-7H;1-5,17H;4-5H,1-3H2;(H,5,6,7);/q;;+1;;/p-1. The van der Waals surface area contributed by atoms with Gasteiger partial charge in [0, 0.05) is 72.6 Å². The van der Waals surface area contributed by atoms with Crippen LogP contribution in [-0.2, 0) is 27.6 Å². The summed E-state index contributed by atoms with van der Waals surface area (Å²) >= 11 is 14.4. The first-order valence-electron chi connectivity index (χ1n) is 18.1. The van der Waals surface area contributed by atoms with Crippen molar-refractivity contribution in [2.75, 3.05) is 11.5 Å². The molecule has 0 radical (unpaired) electrons. The number of hydrogen-bond donors (Lipinski definition) is 1. The van der Waals surface area contributed by atoms with Gasteiger partial charge in [0.05, 0.1) is 0 Å². The van der Waals surface area contributed by atoms with Crippen LogP contribution in [0.15, 0.2) is 93.9 Å². The van der Waals surface area contributed by atoms with Crippen molar-refractivity contribution < 1.29 is 97.5 Å². The number of rotatable bonds is 6. The van der Waals surface area contributed by atoms with Crippen molar-refractivity contribution in [3.05, 3.63) is 175 Å². The van der Waals surface area contributed by atoms with Gasteiger partial charge in [-0.2, -0.15) is 22.0 Å². The lowest BCUT2D eigenvalue weighted by Crippen LogP contribution is -2.25. The summed E-state index contributed by atoms with van der Waals surface area (Å²) in [6.07, 6.45) is -3.41. The molecular weight excluding hydrogens is 1320 g/mol. The van der Waals surface area contributed by atoms with Gasteiger partial charge in [-0.25, -0.2) is 61.1 Å². The monoisotopic (exact) mass is 1340 g/mol. The van der Waals surface area contributed by atoms with Gasteiger partial charge in [0.2, 0.25) is 0 Å². The molecule has 0 aliphatic carbocycles. The summed E-state index contributed by atoms with van der Waals surface area (Å²) in [7, 11) is -6.09. The summed E-state index contributed by atoms with van der Waals surface area (Å²) in [5, 5.41) is 8.99. The van der Waals surface area contributed by atoms with E-state index in [9.17, 15) is 74.6 Å². The fraction of sp³-hybridized carbons (Fsp3) is 0.119. The highest BCUT2D eigenvalue weighted by Gasteiger charge is 2.41. The van der Waals surface area contributed by atoms with E-state index in [4.69, 9.17) is 18.1 Å². The van der Waals surface area contributed by atoms with Gasteiger partial charge in [-0.05, 0) is 83.9 Å². The van der Waals surface area contributed by atoms with Crippen LogP contribution in [-0.4, -0.2) is 39.3 Å². The van der Waals surface area contributed by atoms with Crippen molar-refractivity contribution in [3.63, 3.8) is 0 Å². The van der Waals surface area contributed by atoms with Crippen LogP contribution in [0.3, 0.4) is 0 Å². The molecule has 29 heteroatoms. The molecule has 0 aromatic heterocycles. The van der Waals surface area contributed by atoms with Gasteiger partial charge in [0.25, 0.3) is 4.20 Å². The molecule has 5 nitrogen and oxygen atoms in total. The molecule has 1 N–H and O–H groups in total. The van der Waals surface area contributed by atoms with Crippen LogP contribution in [0.5, 0.6) is 11.5 Å². The molecular formula is C42H21Br4F17O5S3. The van der Waals surface area contributed by atoms with E-state index >= 15 is 0 Å². The van der Waals surface area contributed by atoms with Crippen molar-refractivity contribution >= 4 is 97.5 Å². The Balaban J connectivity index is 0.000000271. The first-order chi connectivity index (χ1) is 32.9. The van der Waals surface area contributed by atoms with Crippen LogP contribution in [0.4, 0.5) is 74.6 Å². The molecule has 0 saturated carbocycles. The average molecular weight is 1340 g/mol. The fourth-order valence-corrected chi connectivity index (χ4v) is 8.73. The predicted molar refractivity (Wildman–Crippen MR) is 245 cm³/mol. The lowest BCUT2D eigenvalue weighted by Gasteiger charge is -2.20. The van der Waals surface area contributed by atoms with Gasteiger partial charge in [-0.15, -0.1) is 0 Å². The Kier molecular flexibility index (Phi) is 22.7. The Labute approximate surface area is 430 Å². The largest absolute Gasteiger partial charge is 0.741 e. The maximum Gasteiger partial charge on any atom is 0.485 e. The van der Waals surface area contributed by atoms with Crippen molar-refractivity contribution in [1.29, 1.82) is 0 Å². The third kappa shape index (κ3) is 17.0. The van der Waals surface area contributed by atoms with Crippen molar-refractivity contribution in [3.8, 4) is 33.8 Å². The van der Waals surface area contributed by atoms with Gasteiger partial charge < -0.3 is 14.4 Å². The number of hydrogen-bond acceptors (Lipinski definition) is 6. The molecule has 0 saturated heterocycles. The molecule has 6 aromatic rings. The summed E-state index contributed by atoms with van der Waals surface area (Å²) in [5.74, 6) is -14.8. The second-order valence-electron chi connectivity index (χ2n) is 13.2. The molecule has 1 heterocycles. The van der Waals surface area contributed by atoms with E-state index in [-0.39, 0.29) is 26.9 Å². The summed E-state index contributed by atoms with van der Waals surface area (Å²) < 4.78 is 253. The maximum atomic E-state index is 14.3. The molecule has 6 aromatic carbocycles. The Morgan fingerprint density at radius 2 is 0.972 bits per heavy atom. The molecule has 384 valence electrons. The number of ether oxygens (including phenoxy) is 1. The van der Waals surface area contributed by atoms with Gasteiger partial charge >= 0.3 is 11.6 Å². The van der Waals surface area contributed by atoms with Crippen LogP contribution < -0.4 is 4.74 Å². The molecule has 0 fully saturated rings. The number of alkyl halides is 5. The van der Waals surface area contributed by atoms with E-state index in [1.165, 1.54) is 35.2 Å². The minimum atomic E-state index is -6.09. The van der Waals surface area contributed by atoms with E-state index in [1.807, 2.05) is 0 Å². The first-order valence-corrected chi connectivity index (χ1v) is 26.8. The maximum absolute atomic E-state index is 14.3. The first kappa shape index (κ1) is 61.3. The third-order valence-corrected chi connectivity index (χ3v) is 12.4. The van der Waals surface area contributed by atoms with Gasteiger partial charge in [0.15, 0.2) is 62.1 Å². The molecule has 71 heavy (non-hydrogen) atoms. The van der Waals surface area contributed by atoms with Gasteiger partial charge in [-0.3, -0.25) is 0 Å². The van der Waals surface area contributed by atoms with Crippen LogP contribution in [0, 0.1) is 69.8 Å². The number of thioether (sulfide) groups is 1. The number of halogens is 21. The van der Waals surface area contributed by atoms with E-state index in [2.05, 4.69) is 64.9 Å². The Hall–Kier alpha value is -4.00. The normalized spacial score (nSPS) is 12.4. The van der Waals surface area contributed by atoms with E-state index < -0.39 is 114 Å². The summed E-state index contributed by atoms with van der Waals surface area (Å²) in [5.41, 5.74) is -8.31. The minimum Gasteiger partial charge on any atom is -0.741 e. The predicted octanol–water partition coefficient (Wildman–Crippen LogP) is 15.9. The van der Waals surface area contributed by atoms with Crippen LogP contribution >= 0.6 is 71.9 Å². The van der Waals surface area contributed by atoms with Crippen molar-refractivity contribution in [2.45, 2.75) is 18.0 Å². The third-order valence-electron chi connectivity index (χ3n) is 8.28. The molecule has 0 unspecified atom stereocenters. The number of phenolic OH excluding ortho intramolecular Hbond substituents is 1. The Bertz CT molecular complexity index is 2930. The highest BCUT2D eigenvalue weighted by atomic mass is 80.9. The van der Waals surface area contributed by atoms with E-state index in [1.54, 1.807) is 0 Å². The number of aromatic hydroxyl groups is 1. The van der Waals surface area contributed by atoms with E-state index in [0.717, 1.165) is 52.5 Å². The molecule has 7 rings (SSSR count). The topological polar surface area (TPSA) is 86.7 Å². The number of benzene rings is 6. The second kappa shape index (κ2) is 26.3. The summed E-state index contributed by atoms with van der Waals surface area (Å²) in [6, 6.07) is 11.4. The van der Waals surface area contributed by atoms with Crippen LogP contribution in [0.2, 0.25) is 0 Å². The Morgan fingerprint density at radius 3 is 1.34 bits per heavy atom. The molecule has 1 aliphatic rings. The Morgan fingerprint density at radius 1 is 0.577 bits per heavy atom. The lowest BCUT2D eigenvalue weighted by molar-refractivity contribution is -0.189. The van der Waals surface area contributed by atoms with Gasteiger partial charge in [-0.1, -0.05) is 43.6 Å². The second-order valence-corrected chi connectivity index (χ2v) is 18.8. The zero-order valence-electron chi connectivity index (χ0n) is 33.9. The van der Waals surface area contributed by atoms with Crippen LogP contribution in [0.25, 0.3) is 22.3 Å². The zero-order chi connectivity index (χ0) is 53.9. The lowest BCUT2D eigenvalue weighted by atomic mass is 10.0. The van der Waals surface area contributed by atoms with Crippen molar-refractivity contribution in [2.24, 2.45) is 0 Å². The summed E-state index contributed by atoms with van der Waals surface area (Å²) in [4.78, 5) is 0. The minimum absolute atomic E-state index is 0.124. The quantitative estimate of drug-likeness (QED) is 0.0447. The smallest absolute Gasteiger partial charge is 0.485 e. The highest BCUT2D eigenvalue weighted by Crippen LogP contribution is 2.38. The molecule has 0 bridgehead atoms. The molecule has 0 spiro atoms. The zero-order valence-corrected chi connectivity index (χ0v) is 42.7. The number of phenols is 1. The molecule has 0 atom stereocenters.